The van der Waals surface area contributed by atoms with Gasteiger partial charge in [0.2, 0.25) is 0 Å². The van der Waals surface area contributed by atoms with Crippen molar-refractivity contribution in [2.24, 2.45) is 0 Å². The van der Waals surface area contributed by atoms with Gasteiger partial charge >= 0.3 is 0 Å². The fourth-order valence-electron chi connectivity index (χ4n) is 2.08. The lowest BCUT2D eigenvalue weighted by Gasteiger charge is -2.01. The van der Waals surface area contributed by atoms with Gasteiger partial charge in [-0.15, -0.1) is 0 Å². The molecule has 88 valence electrons. The molecule has 0 bridgehead atoms. The van der Waals surface area contributed by atoms with Gasteiger partial charge < -0.3 is 9.84 Å². The molecule has 1 fully saturated rings. The molecule has 1 aliphatic rings. The lowest BCUT2D eigenvalue weighted by atomic mass is 10.2. The van der Waals surface area contributed by atoms with E-state index in [1.165, 1.54) is 6.42 Å². The third-order valence-electron chi connectivity index (χ3n) is 2.96. The van der Waals surface area contributed by atoms with Crippen molar-refractivity contribution in [3.8, 4) is 11.5 Å². The number of rotatable bonds is 2. The van der Waals surface area contributed by atoms with E-state index in [1.54, 1.807) is 6.20 Å². The second kappa shape index (κ2) is 4.25. The highest BCUT2D eigenvalue weighted by Crippen LogP contribution is 2.23. The maximum Gasteiger partial charge on any atom is 0.258 e. The van der Waals surface area contributed by atoms with Crippen molar-refractivity contribution in [3.05, 3.63) is 29.8 Å². The van der Waals surface area contributed by atoms with Crippen LogP contribution in [0.15, 0.2) is 22.9 Å². The van der Waals surface area contributed by atoms with Crippen LogP contribution in [0.1, 0.15) is 30.4 Å². The van der Waals surface area contributed by atoms with Gasteiger partial charge in [-0.25, -0.2) is 0 Å². The van der Waals surface area contributed by atoms with Crippen molar-refractivity contribution < 1.29 is 4.52 Å². The summed E-state index contributed by atoms with van der Waals surface area (Å²) in [6.07, 6.45) is 4.00. The van der Waals surface area contributed by atoms with E-state index >= 15 is 0 Å². The Kier molecular flexibility index (Phi) is 2.60. The highest BCUT2D eigenvalue weighted by molar-refractivity contribution is 5.52. The average molecular weight is 230 g/mol. The fourth-order valence-corrected chi connectivity index (χ4v) is 2.08. The molecule has 0 spiro atoms. The molecule has 1 saturated heterocycles. The monoisotopic (exact) mass is 230 g/mol. The summed E-state index contributed by atoms with van der Waals surface area (Å²) in [5, 5.41) is 7.39. The molecule has 0 saturated carbocycles. The van der Waals surface area contributed by atoms with Gasteiger partial charge in [-0.3, -0.25) is 4.98 Å². The van der Waals surface area contributed by atoms with Crippen molar-refractivity contribution in [1.82, 2.24) is 20.4 Å². The second-order valence-electron chi connectivity index (χ2n) is 4.29. The van der Waals surface area contributed by atoms with Crippen LogP contribution in [0.25, 0.3) is 11.5 Å². The average Bonchev–Trinajstić information content (AvgIpc) is 3.00. The molecule has 1 aliphatic heterocycles. The molecule has 0 radical (unpaired) electrons. The first-order chi connectivity index (χ1) is 8.33. The summed E-state index contributed by atoms with van der Waals surface area (Å²) >= 11 is 0. The molecule has 1 N–H and O–H groups in total. The van der Waals surface area contributed by atoms with E-state index in [9.17, 15) is 0 Å². The van der Waals surface area contributed by atoms with Gasteiger partial charge in [-0.05, 0) is 38.4 Å². The lowest BCUT2D eigenvalue weighted by Crippen LogP contribution is -2.14. The number of hydrogen-bond acceptors (Lipinski definition) is 5. The maximum absolute atomic E-state index is 5.29. The zero-order chi connectivity index (χ0) is 11.7. The van der Waals surface area contributed by atoms with Crippen LogP contribution in [0, 0.1) is 6.92 Å². The maximum atomic E-state index is 5.29. The third-order valence-corrected chi connectivity index (χ3v) is 2.96. The van der Waals surface area contributed by atoms with Crippen LogP contribution in [0.4, 0.5) is 0 Å². The summed E-state index contributed by atoms with van der Waals surface area (Å²) in [5.74, 6) is 1.33. The van der Waals surface area contributed by atoms with Crippen molar-refractivity contribution in [2.45, 2.75) is 25.8 Å². The molecule has 3 heterocycles. The SMILES string of the molecule is Cc1cc(-c2nc(C3CCCN3)no2)ccn1. The Morgan fingerprint density at radius 2 is 2.41 bits per heavy atom. The molecule has 0 amide bonds. The van der Waals surface area contributed by atoms with Crippen molar-refractivity contribution >= 4 is 0 Å². The molecule has 5 nitrogen and oxygen atoms in total. The predicted octanol–water partition coefficient (Wildman–Crippen LogP) is 1.86. The Hall–Kier alpha value is -1.75. The van der Waals surface area contributed by atoms with Crippen LogP contribution in [0.2, 0.25) is 0 Å². The van der Waals surface area contributed by atoms with Gasteiger partial charge in [-0.2, -0.15) is 4.98 Å². The van der Waals surface area contributed by atoms with E-state index in [1.807, 2.05) is 19.1 Å². The molecule has 0 aliphatic carbocycles. The zero-order valence-corrected chi connectivity index (χ0v) is 9.68. The predicted molar refractivity (Wildman–Crippen MR) is 62.2 cm³/mol. The first-order valence-electron chi connectivity index (χ1n) is 5.83. The molecule has 3 rings (SSSR count). The van der Waals surface area contributed by atoms with Crippen LogP contribution < -0.4 is 5.32 Å². The van der Waals surface area contributed by atoms with E-state index in [2.05, 4.69) is 20.4 Å². The van der Waals surface area contributed by atoms with Crippen molar-refractivity contribution in [1.29, 1.82) is 0 Å². The van der Waals surface area contributed by atoms with E-state index in [4.69, 9.17) is 4.52 Å². The second-order valence-corrected chi connectivity index (χ2v) is 4.29. The van der Waals surface area contributed by atoms with Crippen LogP contribution in [0.3, 0.4) is 0 Å². The Morgan fingerprint density at radius 1 is 1.47 bits per heavy atom. The summed E-state index contributed by atoms with van der Waals surface area (Å²) in [6.45, 7) is 2.97. The van der Waals surface area contributed by atoms with Crippen LogP contribution in [0.5, 0.6) is 0 Å². The van der Waals surface area contributed by atoms with Crippen molar-refractivity contribution in [2.75, 3.05) is 6.54 Å². The van der Waals surface area contributed by atoms with Crippen LogP contribution in [-0.2, 0) is 0 Å². The normalized spacial score (nSPS) is 19.7. The highest BCUT2D eigenvalue weighted by Gasteiger charge is 2.21. The van der Waals surface area contributed by atoms with Gasteiger partial charge in [0.05, 0.1) is 6.04 Å². The smallest absolute Gasteiger partial charge is 0.258 e. The molecule has 1 atom stereocenters. The van der Waals surface area contributed by atoms with Gasteiger partial charge in [0.15, 0.2) is 5.82 Å². The molecule has 17 heavy (non-hydrogen) atoms. The number of aryl methyl sites for hydroxylation is 1. The lowest BCUT2D eigenvalue weighted by molar-refractivity contribution is 0.412. The van der Waals surface area contributed by atoms with Gasteiger partial charge in [-0.1, -0.05) is 5.16 Å². The molecular formula is C12H14N4O. The zero-order valence-electron chi connectivity index (χ0n) is 9.68. The van der Waals surface area contributed by atoms with Gasteiger partial charge in [0.25, 0.3) is 5.89 Å². The topological polar surface area (TPSA) is 63.8 Å². The summed E-state index contributed by atoms with van der Waals surface area (Å²) in [5.41, 5.74) is 1.87. The number of nitrogens with one attached hydrogen (secondary N) is 1. The fraction of sp³-hybridized carbons (Fsp3) is 0.417. The first kappa shape index (κ1) is 10.4. The third kappa shape index (κ3) is 2.06. The van der Waals surface area contributed by atoms with Crippen LogP contribution >= 0.6 is 0 Å². The molecular weight excluding hydrogens is 216 g/mol. The molecule has 0 aromatic carbocycles. The minimum Gasteiger partial charge on any atom is -0.334 e. The number of aromatic nitrogens is 3. The summed E-state index contributed by atoms with van der Waals surface area (Å²) < 4.78 is 5.29. The Bertz CT molecular complexity index is 517. The summed E-state index contributed by atoms with van der Waals surface area (Å²) in [6, 6.07) is 4.07. The number of pyridine rings is 1. The van der Waals surface area contributed by atoms with E-state index in [0.29, 0.717) is 5.89 Å². The quantitative estimate of drug-likeness (QED) is 0.853. The Balaban J connectivity index is 1.89. The van der Waals surface area contributed by atoms with Gasteiger partial charge in [0.1, 0.15) is 0 Å². The molecule has 2 aromatic rings. The number of hydrogen-bond donors (Lipinski definition) is 1. The molecule has 5 heteroatoms. The van der Waals surface area contributed by atoms with Crippen LogP contribution in [-0.4, -0.2) is 21.7 Å². The minimum atomic E-state index is 0.246. The Labute approximate surface area is 99.3 Å². The minimum absolute atomic E-state index is 0.246. The molecule has 1 unspecified atom stereocenters. The highest BCUT2D eigenvalue weighted by atomic mass is 16.5. The van der Waals surface area contributed by atoms with Crippen molar-refractivity contribution in [3.63, 3.8) is 0 Å². The Morgan fingerprint density at radius 3 is 3.18 bits per heavy atom. The van der Waals surface area contributed by atoms with E-state index < -0.39 is 0 Å². The van der Waals surface area contributed by atoms with Gasteiger partial charge in [0, 0.05) is 17.5 Å². The standard InChI is InChI=1S/C12H14N4O/c1-8-7-9(4-6-13-8)12-15-11(16-17-12)10-3-2-5-14-10/h4,6-7,10,14H,2-3,5H2,1H3. The number of nitrogens with zero attached hydrogens (tertiary/aromatic N) is 3. The summed E-state index contributed by atoms with van der Waals surface area (Å²) in [7, 11) is 0. The van der Waals surface area contributed by atoms with E-state index in [-0.39, 0.29) is 6.04 Å². The largest absolute Gasteiger partial charge is 0.334 e. The van der Waals surface area contributed by atoms with E-state index in [0.717, 1.165) is 30.0 Å². The first-order valence-corrected chi connectivity index (χ1v) is 5.83. The summed E-state index contributed by atoms with van der Waals surface area (Å²) in [4.78, 5) is 8.58. The molecule has 2 aromatic heterocycles.